The number of anilines is 2. The van der Waals surface area contributed by atoms with Gasteiger partial charge in [-0.15, -0.1) is 0 Å². The highest BCUT2D eigenvalue weighted by molar-refractivity contribution is 5.81. The largest absolute Gasteiger partial charge is 0.394 e. The van der Waals surface area contributed by atoms with Crippen molar-refractivity contribution >= 4 is 17.3 Å². The molecule has 1 aromatic carbocycles. The van der Waals surface area contributed by atoms with Crippen LogP contribution in [0.5, 0.6) is 0 Å². The summed E-state index contributed by atoms with van der Waals surface area (Å²) in [6.07, 6.45) is 3.46. The number of hydrogen-bond acceptors (Lipinski definition) is 10. The van der Waals surface area contributed by atoms with Gasteiger partial charge in [-0.1, -0.05) is 0 Å². The first-order valence-electron chi connectivity index (χ1n) is 14.5. The average molecular weight is 540 g/mol. The molecule has 0 saturated carbocycles. The number of hydrazine groups is 1. The van der Waals surface area contributed by atoms with Crippen LogP contribution in [-0.2, 0) is 4.79 Å². The monoisotopic (exact) mass is 539 g/mol. The number of amides is 1. The third-order valence-corrected chi connectivity index (χ3v) is 9.03. The SMILES string of the molecule is CC(C)(CO)N1CCCN(c2ccc(NC3NC(N4CCC(CC#N)CC4)NC4CNNC(=O)C43)cc2)CC1. The van der Waals surface area contributed by atoms with Crippen LogP contribution in [0.15, 0.2) is 24.3 Å². The van der Waals surface area contributed by atoms with Gasteiger partial charge in [0, 0.05) is 75.2 Å². The molecule has 4 unspecified atom stereocenters. The number of benzene rings is 1. The minimum Gasteiger partial charge on any atom is -0.394 e. The van der Waals surface area contributed by atoms with E-state index in [0.29, 0.717) is 18.9 Å². The molecule has 0 spiro atoms. The minimum atomic E-state index is -0.259. The van der Waals surface area contributed by atoms with Crippen molar-refractivity contribution < 1.29 is 9.90 Å². The minimum absolute atomic E-state index is 0.00169. The number of nitrogens with one attached hydrogen (secondary N) is 5. The molecule has 4 atom stereocenters. The third kappa shape index (κ3) is 6.48. The molecule has 1 aromatic rings. The predicted molar refractivity (Wildman–Crippen MR) is 151 cm³/mol. The van der Waals surface area contributed by atoms with Crippen molar-refractivity contribution in [1.29, 1.82) is 5.26 Å². The van der Waals surface area contributed by atoms with Gasteiger partial charge in [0.05, 0.1) is 24.8 Å². The number of fused-ring (bicyclic) bond motifs is 1. The Bertz CT molecular complexity index is 1010. The Morgan fingerprint density at radius 2 is 1.85 bits per heavy atom. The van der Waals surface area contributed by atoms with E-state index in [9.17, 15) is 9.90 Å². The molecule has 4 fully saturated rings. The molecule has 6 N–H and O–H groups in total. The molecule has 5 rings (SSSR count). The third-order valence-electron chi connectivity index (χ3n) is 9.03. The lowest BCUT2D eigenvalue weighted by Gasteiger charge is -2.49. The van der Waals surface area contributed by atoms with Crippen molar-refractivity contribution in [2.24, 2.45) is 11.8 Å². The molecule has 4 aliphatic heterocycles. The van der Waals surface area contributed by atoms with Crippen LogP contribution in [-0.4, -0.2) is 97.3 Å². The zero-order chi connectivity index (χ0) is 27.4. The van der Waals surface area contributed by atoms with Gasteiger partial charge < -0.3 is 15.3 Å². The number of rotatable bonds is 7. The van der Waals surface area contributed by atoms with Crippen molar-refractivity contribution in [3.05, 3.63) is 24.3 Å². The second kappa shape index (κ2) is 12.4. The lowest BCUT2D eigenvalue weighted by atomic mass is 9.90. The predicted octanol–water partition coefficient (Wildman–Crippen LogP) is 0.429. The van der Waals surface area contributed by atoms with E-state index in [-0.39, 0.29) is 42.5 Å². The highest BCUT2D eigenvalue weighted by Crippen LogP contribution is 2.27. The number of piperidine rings is 1. The Hall–Kier alpha value is -2.46. The average Bonchev–Trinajstić information content (AvgIpc) is 3.21. The highest BCUT2D eigenvalue weighted by atomic mass is 16.3. The van der Waals surface area contributed by atoms with Crippen molar-refractivity contribution in [2.75, 3.05) is 62.6 Å². The smallest absolute Gasteiger partial charge is 0.242 e. The molecule has 0 bridgehead atoms. The number of carbonyl (C=O) groups is 1. The summed E-state index contributed by atoms with van der Waals surface area (Å²) in [7, 11) is 0. The van der Waals surface area contributed by atoms with Gasteiger partial charge in [0.1, 0.15) is 6.29 Å². The fourth-order valence-electron chi connectivity index (χ4n) is 6.43. The zero-order valence-electron chi connectivity index (χ0n) is 23.3. The van der Waals surface area contributed by atoms with E-state index in [0.717, 1.165) is 64.2 Å². The molecular formula is C28H45N9O2. The van der Waals surface area contributed by atoms with E-state index in [1.165, 1.54) is 5.69 Å². The topological polar surface area (TPSA) is 131 Å². The van der Waals surface area contributed by atoms with Crippen LogP contribution >= 0.6 is 0 Å². The maximum Gasteiger partial charge on any atom is 0.242 e. The van der Waals surface area contributed by atoms with Crippen molar-refractivity contribution in [2.45, 2.75) is 63.6 Å². The van der Waals surface area contributed by atoms with E-state index >= 15 is 0 Å². The Balaban J connectivity index is 1.23. The van der Waals surface area contributed by atoms with Crippen LogP contribution in [0.2, 0.25) is 0 Å². The highest BCUT2D eigenvalue weighted by Gasteiger charge is 2.45. The summed E-state index contributed by atoms with van der Waals surface area (Å²) in [5, 5.41) is 29.8. The van der Waals surface area contributed by atoms with Crippen LogP contribution in [0.4, 0.5) is 11.4 Å². The van der Waals surface area contributed by atoms with Crippen LogP contribution < -0.4 is 31.7 Å². The number of nitriles is 1. The number of likely N-dealkylation sites (tertiary alicyclic amines) is 1. The van der Waals surface area contributed by atoms with Crippen LogP contribution in [0.3, 0.4) is 0 Å². The van der Waals surface area contributed by atoms with Gasteiger partial charge in [-0.2, -0.15) is 5.26 Å². The first-order valence-corrected chi connectivity index (χ1v) is 14.5. The molecule has 11 nitrogen and oxygen atoms in total. The Kier molecular flexibility index (Phi) is 8.91. The summed E-state index contributed by atoms with van der Waals surface area (Å²) >= 11 is 0. The van der Waals surface area contributed by atoms with Crippen molar-refractivity contribution in [1.82, 2.24) is 31.3 Å². The Labute approximate surface area is 232 Å². The second-order valence-electron chi connectivity index (χ2n) is 12.0. The fourth-order valence-corrected chi connectivity index (χ4v) is 6.43. The van der Waals surface area contributed by atoms with Gasteiger partial charge in [-0.25, -0.2) is 5.43 Å². The molecule has 39 heavy (non-hydrogen) atoms. The molecule has 4 aliphatic rings. The molecular weight excluding hydrogens is 494 g/mol. The summed E-state index contributed by atoms with van der Waals surface area (Å²) in [6, 6.07) is 10.9. The van der Waals surface area contributed by atoms with E-state index < -0.39 is 0 Å². The Morgan fingerprint density at radius 3 is 2.56 bits per heavy atom. The van der Waals surface area contributed by atoms with Crippen molar-refractivity contribution in [3.63, 3.8) is 0 Å². The van der Waals surface area contributed by atoms with Crippen LogP contribution in [0.25, 0.3) is 0 Å². The lowest BCUT2D eigenvalue weighted by Crippen LogP contribution is -2.77. The van der Waals surface area contributed by atoms with Crippen LogP contribution in [0.1, 0.15) is 39.5 Å². The van der Waals surface area contributed by atoms with Crippen molar-refractivity contribution in [3.8, 4) is 6.07 Å². The van der Waals surface area contributed by atoms with Gasteiger partial charge in [0.15, 0.2) is 0 Å². The second-order valence-corrected chi connectivity index (χ2v) is 12.0. The van der Waals surface area contributed by atoms with Gasteiger partial charge in [-0.05, 0) is 63.3 Å². The maximum absolute atomic E-state index is 12.9. The normalized spacial score (nSPS) is 29.7. The van der Waals surface area contributed by atoms with Gasteiger partial charge in [0.2, 0.25) is 5.91 Å². The zero-order valence-corrected chi connectivity index (χ0v) is 23.3. The van der Waals surface area contributed by atoms with E-state index in [2.05, 4.69) is 85.7 Å². The van der Waals surface area contributed by atoms with E-state index in [1.54, 1.807) is 0 Å². The van der Waals surface area contributed by atoms with Gasteiger partial charge in [0.25, 0.3) is 0 Å². The van der Waals surface area contributed by atoms with Crippen LogP contribution in [0, 0.1) is 23.2 Å². The molecule has 4 heterocycles. The molecule has 1 amide bonds. The number of nitrogens with zero attached hydrogens (tertiary/aromatic N) is 4. The number of hydrogen-bond donors (Lipinski definition) is 6. The van der Waals surface area contributed by atoms with Gasteiger partial charge in [-0.3, -0.25) is 30.7 Å². The maximum atomic E-state index is 12.9. The van der Waals surface area contributed by atoms with Gasteiger partial charge >= 0.3 is 0 Å². The summed E-state index contributed by atoms with van der Waals surface area (Å²) in [4.78, 5) is 20.1. The molecule has 0 aromatic heterocycles. The molecule has 214 valence electrons. The summed E-state index contributed by atoms with van der Waals surface area (Å²) in [5.41, 5.74) is 7.82. The number of carbonyl (C=O) groups excluding carboxylic acids is 1. The molecule has 11 heteroatoms. The number of aliphatic hydroxyl groups excluding tert-OH is 1. The van der Waals surface area contributed by atoms with E-state index in [1.807, 2.05) is 0 Å². The first kappa shape index (κ1) is 28.1. The lowest BCUT2D eigenvalue weighted by molar-refractivity contribution is -0.132. The molecule has 0 aliphatic carbocycles. The number of aliphatic hydroxyl groups is 1. The summed E-state index contributed by atoms with van der Waals surface area (Å²) < 4.78 is 0. The fraction of sp³-hybridized carbons (Fsp3) is 0.714. The molecule has 0 radical (unpaired) electrons. The van der Waals surface area contributed by atoms with E-state index in [4.69, 9.17) is 5.26 Å². The summed E-state index contributed by atoms with van der Waals surface area (Å²) in [6.45, 7) is 10.7. The Morgan fingerprint density at radius 1 is 1.08 bits per heavy atom. The standard InChI is InChI=1S/C28H45N9O2/c1-28(2,19-38)37-13-3-12-35(16-17-37)22-6-4-21(5-7-22)31-25-24-23(18-30-34-26(24)39)32-27(33-25)36-14-9-20(8-11-29)10-15-36/h4-7,20,23-25,27,30-33,38H,3,8-10,12-19H2,1-2H3,(H,34,39). The summed E-state index contributed by atoms with van der Waals surface area (Å²) in [5.74, 6) is 0.196. The molecule has 4 saturated heterocycles. The first-order chi connectivity index (χ1) is 18.9. The quantitative estimate of drug-likeness (QED) is 0.290.